The highest BCUT2D eigenvalue weighted by Crippen LogP contribution is 2.36. The van der Waals surface area contributed by atoms with Crippen LogP contribution in [0.5, 0.6) is 17.2 Å². The molecule has 0 saturated heterocycles. The number of H-pyrrole nitrogens is 2. The smallest absolute Gasteiger partial charge is 0.211 e. The quantitative estimate of drug-likeness (QED) is 0.291. The summed E-state index contributed by atoms with van der Waals surface area (Å²) >= 11 is 0. The Morgan fingerprint density at radius 2 is 1.76 bits per heavy atom. The van der Waals surface area contributed by atoms with Crippen LogP contribution in [0.3, 0.4) is 0 Å². The fourth-order valence-electron chi connectivity index (χ4n) is 2.73. The number of para-hydroxylation sites is 1. The number of aromatic hydroxyl groups is 3. The van der Waals surface area contributed by atoms with Gasteiger partial charge in [0.2, 0.25) is 5.78 Å². The highest BCUT2D eigenvalue weighted by Gasteiger charge is 2.18. The fourth-order valence-corrected chi connectivity index (χ4v) is 2.73. The Balaban J connectivity index is 1.73. The average Bonchev–Trinajstić information content (AvgIpc) is 3.25. The van der Waals surface area contributed by atoms with Crippen molar-refractivity contribution in [1.29, 1.82) is 0 Å². The van der Waals surface area contributed by atoms with Crippen molar-refractivity contribution in [3.63, 3.8) is 0 Å². The van der Waals surface area contributed by atoms with Crippen LogP contribution >= 0.6 is 0 Å². The monoisotopic (exact) mass is 335 g/mol. The second-order valence-electron chi connectivity index (χ2n) is 5.59. The van der Waals surface area contributed by atoms with Crippen molar-refractivity contribution in [2.24, 2.45) is 0 Å². The molecule has 0 fully saturated rings. The van der Waals surface area contributed by atoms with Gasteiger partial charge in [-0.25, -0.2) is 4.98 Å². The van der Waals surface area contributed by atoms with Gasteiger partial charge in [-0.05, 0) is 18.2 Å². The number of nitrogens with one attached hydrogen (secondary N) is 2. The van der Waals surface area contributed by atoms with Crippen LogP contribution in [0.4, 0.5) is 0 Å². The van der Waals surface area contributed by atoms with E-state index in [0.717, 1.165) is 28.6 Å². The van der Waals surface area contributed by atoms with Crippen LogP contribution in [0.25, 0.3) is 22.3 Å². The van der Waals surface area contributed by atoms with E-state index >= 15 is 0 Å². The zero-order chi connectivity index (χ0) is 17.6. The Kier molecular flexibility index (Phi) is 3.21. The van der Waals surface area contributed by atoms with Crippen molar-refractivity contribution in [1.82, 2.24) is 15.0 Å². The van der Waals surface area contributed by atoms with Gasteiger partial charge in [-0.1, -0.05) is 18.2 Å². The van der Waals surface area contributed by atoms with Crippen LogP contribution in [0.15, 0.2) is 48.8 Å². The maximum Gasteiger partial charge on any atom is 0.211 e. The molecular weight excluding hydrogens is 322 g/mol. The van der Waals surface area contributed by atoms with E-state index in [4.69, 9.17) is 0 Å². The van der Waals surface area contributed by atoms with E-state index in [1.54, 1.807) is 6.20 Å². The van der Waals surface area contributed by atoms with Crippen molar-refractivity contribution >= 4 is 16.7 Å². The summed E-state index contributed by atoms with van der Waals surface area (Å²) in [4.78, 5) is 22.9. The molecule has 0 aliphatic carbocycles. The number of carbonyl (C=O) groups excluding carboxylic acids is 1. The summed E-state index contributed by atoms with van der Waals surface area (Å²) < 4.78 is 0. The number of rotatable bonds is 3. The molecule has 4 rings (SSSR count). The van der Waals surface area contributed by atoms with Crippen LogP contribution < -0.4 is 0 Å². The molecule has 2 aromatic carbocycles. The minimum absolute atomic E-state index is 0.0296. The third-order valence-corrected chi connectivity index (χ3v) is 4.00. The molecule has 0 amide bonds. The van der Waals surface area contributed by atoms with Crippen molar-refractivity contribution in [3.8, 4) is 28.6 Å². The molecule has 0 spiro atoms. The van der Waals surface area contributed by atoms with E-state index in [1.165, 1.54) is 6.20 Å². The number of imidazole rings is 1. The average molecular weight is 335 g/mol. The largest absolute Gasteiger partial charge is 0.504 e. The van der Waals surface area contributed by atoms with E-state index in [0.29, 0.717) is 5.82 Å². The number of fused-ring (bicyclic) bond motifs is 1. The summed E-state index contributed by atoms with van der Waals surface area (Å²) in [5, 5.41) is 29.5. The number of ketones is 1. The number of aromatic nitrogens is 3. The Bertz CT molecular complexity index is 1090. The summed E-state index contributed by atoms with van der Waals surface area (Å²) in [5.41, 5.74) is 2.01. The topological polar surface area (TPSA) is 122 Å². The van der Waals surface area contributed by atoms with Gasteiger partial charge in [-0.2, -0.15) is 0 Å². The Morgan fingerprint density at radius 1 is 1.04 bits per heavy atom. The molecule has 0 radical (unpaired) electrons. The van der Waals surface area contributed by atoms with Gasteiger partial charge in [-0.3, -0.25) is 4.79 Å². The predicted molar refractivity (Wildman–Crippen MR) is 90.7 cm³/mol. The fraction of sp³-hybridized carbons (Fsp3) is 0. The predicted octanol–water partition coefficient (Wildman–Crippen LogP) is 2.91. The van der Waals surface area contributed by atoms with Gasteiger partial charge in [0.05, 0.1) is 6.20 Å². The summed E-state index contributed by atoms with van der Waals surface area (Å²) in [7, 11) is 0. The summed E-state index contributed by atoms with van der Waals surface area (Å²) in [6.45, 7) is 0. The maximum absolute atomic E-state index is 12.5. The molecule has 25 heavy (non-hydrogen) atoms. The number of phenolic OH excluding ortho intramolecular Hbond substituents is 3. The first-order valence-corrected chi connectivity index (χ1v) is 7.45. The van der Waals surface area contributed by atoms with Crippen LogP contribution in [0.2, 0.25) is 0 Å². The standard InChI is InChI=1S/C18H13N3O4/c22-14-5-9(6-15(23)17(14)25)16(24)13-8-20-18(21-13)11-7-19-12-4-2-1-3-10(11)12/h1-8,19,22-23,25H,(H,20,21). The molecule has 0 aliphatic rings. The lowest BCUT2D eigenvalue weighted by Crippen LogP contribution is -2.01. The SMILES string of the molecule is O=C(c1cc(O)c(O)c(O)c1)c1cnc(-c2c[nH]c3ccccc23)[nH]1. The molecule has 0 bridgehead atoms. The lowest BCUT2D eigenvalue weighted by atomic mass is 10.1. The van der Waals surface area contributed by atoms with Gasteiger partial charge in [0.1, 0.15) is 11.5 Å². The second kappa shape index (κ2) is 5.41. The summed E-state index contributed by atoms with van der Waals surface area (Å²) in [6, 6.07) is 9.89. The van der Waals surface area contributed by atoms with Crippen LogP contribution in [-0.2, 0) is 0 Å². The summed E-state index contributed by atoms with van der Waals surface area (Å²) in [6.07, 6.45) is 3.19. The van der Waals surface area contributed by atoms with Gasteiger partial charge in [-0.15, -0.1) is 0 Å². The normalized spacial score (nSPS) is 11.0. The van der Waals surface area contributed by atoms with Crippen molar-refractivity contribution < 1.29 is 20.1 Å². The van der Waals surface area contributed by atoms with Crippen LogP contribution in [0.1, 0.15) is 16.1 Å². The zero-order valence-electron chi connectivity index (χ0n) is 12.8. The molecule has 0 atom stereocenters. The van der Waals surface area contributed by atoms with Crippen LogP contribution in [-0.4, -0.2) is 36.1 Å². The molecule has 2 aromatic heterocycles. The zero-order valence-corrected chi connectivity index (χ0v) is 12.8. The molecule has 7 heteroatoms. The second-order valence-corrected chi connectivity index (χ2v) is 5.59. The van der Waals surface area contributed by atoms with Gasteiger partial charge in [0, 0.05) is 28.2 Å². The lowest BCUT2D eigenvalue weighted by Gasteiger charge is -2.04. The number of phenols is 3. The molecule has 7 nitrogen and oxygen atoms in total. The van der Waals surface area contributed by atoms with E-state index in [-0.39, 0.29) is 11.3 Å². The third-order valence-electron chi connectivity index (χ3n) is 4.00. The van der Waals surface area contributed by atoms with Crippen LogP contribution in [0, 0.1) is 0 Å². The Morgan fingerprint density at radius 3 is 2.52 bits per heavy atom. The first-order chi connectivity index (χ1) is 12.0. The van der Waals surface area contributed by atoms with Gasteiger partial charge < -0.3 is 25.3 Å². The minimum atomic E-state index is -0.666. The van der Waals surface area contributed by atoms with Crippen molar-refractivity contribution in [2.45, 2.75) is 0 Å². The van der Waals surface area contributed by atoms with Gasteiger partial charge >= 0.3 is 0 Å². The van der Waals surface area contributed by atoms with Gasteiger partial charge in [0.15, 0.2) is 17.2 Å². The molecule has 2 heterocycles. The number of hydrogen-bond acceptors (Lipinski definition) is 5. The lowest BCUT2D eigenvalue weighted by molar-refractivity contribution is 0.103. The minimum Gasteiger partial charge on any atom is -0.504 e. The molecule has 4 aromatic rings. The number of benzene rings is 2. The number of aromatic amines is 2. The third kappa shape index (κ3) is 2.38. The molecule has 5 N–H and O–H groups in total. The number of carbonyl (C=O) groups is 1. The molecule has 124 valence electrons. The molecule has 0 unspecified atom stereocenters. The Hall–Kier alpha value is -3.74. The van der Waals surface area contributed by atoms with E-state index in [1.807, 2.05) is 24.3 Å². The molecule has 0 saturated carbocycles. The van der Waals surface area contributed by atoms with E-state index in [2.05, 4.69) is 15.0 Å². The van der Waals surface area contributed by atoms with Crippen molar-refractivity contribution in [3.05, 3.63) is 60.0 Å². The first kappa shape index (κ1) is 14.8. The maximum atomic E-state index is 12.5. The van der Waals surface area contributed by atoms with E-state index < -0.39 is 23.0 Å². The van der Waals surface area contributed by atoms with Crippen molar-refractivity contribution in [2.75, 3.05) is 0 Å². The van der Waals surface area contributed by atoms with Gasteiger partial charge in [0.25, 0.3) is 0 Å². The summed E-state index contributed by atoms with van der Waals surface area (Å²) in [5.74, 6) is -1.75. The molecule has 0 aliphatic heterocycles. The Labute approximate surface area is 141 Å². The number of hydrogen-bond donors (Lipinski definition) is 5. The first-order valence-electron chi connectivity index (χ1n) is 7.45. The highest BCUT2D eigenvalue weighted by atomic mass is 16.3. The van der Waals surface area contributed by atoms with E-state index in [9.17, 15) is 20.1 Å². The molecular formula is C18H13N3O4. The number of nitrogens with zero attached hydrogens (tertiary/aromatic N) is 1. The highest BCUT2D eigenvalue weighted by molar-refractivity contribution is 6.08.